The third-order valence-corrected chi connectivity index (χ3v) is 7.65. The Morgan fingerprint density at radius 3 is 2.44 bits per heavy atom. The smallest absolute Gasteiger partial charge is 0.280 e. The van der Waals surface area contributed by atoms with E-state index in [4.69, 9.17) is 4.74 Å². The van der Waals surface area contributed by atoms with Crippen molar-refractivity contribution in [2.45, 2.75) is 51.1 Å². The third kappa shape index (κ3) is 4.56. The second-order valence-corrected chi connectivity index (χ2v) is 10.3. The normalized spacial score (nSPS) is 14.9. The van der Waals surface area contributed by atoms with Gasteiger partial charge in [0.2, 0.25) is 5.91 Å². The Hall–Kier alpha value is -4.46. The Labute approximate surface area is 226 Å². The molecule has 1 amide bonds. The van der Waals surface area contributed by atoms with Crippen LogP contribution in [0.15, 0.2) is 77.6 Å². The van der Waals surface area contributed by atoms with Crippen molar-refractivity contribution in [1.29, 1.82) is 0 Å². The van der Waals surface area contributed by atoms with Crippen molar-refractivity contribution in [3.05, 3.63) is 94.3 Å². The van der Waals surface area contributed by atoms with Gasteiger partial charge < -0.3 is 10.1 Å². The van der Waals surface area contributed by atoms with Gasteiger partial charge in [-0.15, -0.1) is 5.10 Å². The Bertz CT molecular complexity index is 1700. The van der Waals surface area contributed by atoms with Gasteiger partial charge in [0.1, 0.15) is 17.5 Å². The van der Waals surface area contributed by atoms with Gasteiger partial charge in [0.15, 0.2) is 5.52 Å². The summed E-state index contributed by atoms with van der Waals surface area (Å²) in [7, 11) is 1.61. The number of hydrogen-bond donors (Lipinski definition) is 1. The summed E-state index contributed by atoms with van der Waals surface area (Å²) < 4.78 is 8.59. The fourth-order valence-electron chi connectivity index (χ4n) is 5.65. The number of aromatic nitrogens is 4. The van der Waals surface area contributed by atoms with E-state index in [1.54, 1.807) is 16.2 Å². The molecular formula is C31H31N5O3. The largest absolute Gasteiger partial charge is 0.497 e. The summed E-state index contributed by atoms with van der Waals surface area (Å²) in [5, 5.41) is 12.1. The number of fused-ring (bicyclic) bond motifs is 3. The molecule has 0 aliphatic heterocycles. The Kier molecular flexibility index (Phi) is 6.60. The number of aryl methyl sites for hydroxylation is 1. The zero-order valence-corrected chi connectivity index (χ0v) is 22.1. The van der Waals surface area contributed by atoms with E-state index in [2.05, 4.69) is 15.6 Å². The van der Waals surface area contributed by atoms with E-state index < -0.39 is 6.04 Å². The van der Waals surface area contributed by atoms with Gasteiger partial charge >= 0.3 is 0 Å². The van der Waals surface area contributed by atoms with Crippen LogP contribution >= 0.6 is 0 Å². The maximum absolute atomic E-state index is 14.5. The molecule has 0 bridgehead atoms. The van der Waals surface area contributed by atoms with Crippen molar-refractivity contribution in [3.8, 4) is 17.0 Å². The van der Waals surface area contributed by atoms with Crippen LogP contribution < -0.4 is 15.6 Å². The summed E-state index contributed by atoms with van der Waals surface area (Å²) >= 11 is 0. The molecule has 39 heavy (non-hydrogen) atoms. The molecule has 1 atom stereocenters. The second kappa shape index (κ2) is 10.4. The maximum Gasteiger partial charge on any atom is 0.280 e. The number of benzene rings is 3. The lowest BCUT2D eigenvalue weighted by molar-refractivity contribution is -0.124. The molecular weight excluding hydrogens is 490 g/mol. The quantitative estimate of drug-likeness (QED) is 0.337. The van der Waals surface area contributed by atoms with Crippen LogP contribution in [-0.2, 0) is 4.79 Å². The minimum absolute atomic E-state index is 0.0935. The van der Waals surface area contributed by atoms with Gasteiger partial charge in [0, 0.05) is 11.6 Å². The number of amides is 1. The fraction of sp³-hybridized carbons (Fsp3) is 0.290. The SMILES string of the molecule is COc1ccc(C(C(=O)NC2CCCCC2)n2c(=O)c3c(-c4ccccc4)nnn3c3ccc(C)cc32)cc1. The van der Waals surface area contributed by atoms with E-state index in [1.165, 1.54) is 6.42 Å². The number of rotatable bonds is 6. The topological polar surface area (TPSA) is 90.5 Å². The highest BCUT2D eigenvalue weighted by molar-refractivity contribution is 5.89. The van der Waals surface area contributed by atoms with E-state index in [0.717, 1.165) is 36.8 Å². The fourth-order valence-corrected chi connectivity index (χ4v) is 5.65. The first kappa shape index (κ1) is 24.9. The number of methoxy groups -OCH3 is 1. The molecule has 8 heteroatoms. The zero-order chi connectivity index (χ0) is 26.9. The van der Waals surface area contributed by atoms with Crippen LogP contribution in [-0.4, -0.2) is 38.5 Å². The summed E-state index contributed by atoms with van der Waals surface area (Å²) in [4.78, 5) is 28.6. The molecule has 0 spiro atoms. The molecule has 6 rings (SSSR count). The van der Waals surface area contributed by atoms with Gasteiger partial charge in [-0.3, -0.25) is 14.2 Å². The summed E-state index contributed by atoms with van der Waals surface area (Å²) in [5.74, 6) is 0.482. The van der Waals surface area contributed by atoms with Gasteiger partial charge in [0.05, 0.1) is 18.1 Å². The van der Waals surface area contributed by atoms with E-state index in [9.17, 15) is 9.59 Å². The second-order valence-electron chi connectivity index (χ2n) is 10.3. The monoisotopic (exact) mass is 521 g/mol. The molecule has 1 unspecified atom stereocenters. The van der Waals surface area contributed by atoms with E-state index in [1.807, 2.05) is 79.7 Å². The van der Waals surface area contributed by atoms with Crippen molar-refractivity contribution in [2.24, 2.45) is 0 Å². The van der Waals surface area contributed by atoms with Gasteiger partial charge in [-0.1, -0.05) is 73.0 Å². The molecule has 3 aromatic carbocycles. The first-order valence-electron chi connectivity index (χ1n) is 13.4. The molecule has 5 aromatic rings. The molecule has 2 aromatic heterocycles. The van der Waals surface area contributed by atoms with Crippen LogP contribution in [0.4, 0.5) is 0 Å². The number of hydrogen-bond acceptors (Lipinski definition) is 5. The molecule has 1 aliphatic rings. The number of carbonyl (C=O) groups excluding carboxylic acids is 1. The molecule has 198 valence electrons. The molecule has 1 N–H and O–H groups in total. The van der Waals surface area contributed by atoms with Crippen LogP contribution in [0.1, 0.15) is 49.3 Å². The Morgan fingerprint density at radius 1 is 0.974 bits per heavy atom. The van der Waals surface area contributed by atoms with Crippen molar-refractivity contribution in [1.82, 2.24) is 24.7 Å². The first-order chi connectivity index (χ1) is 19.0. The molecule has 2 heterocycles. The Balaban J connectivity index is 1.62. The number of nitrogens with one attached hydrogen (secondary N) is 1. The van der Waals surface area contributed by atoms with Crippen LogP contribution in [0.5, 0.6) is 5.75 Å². The molecule has 8 nitrogen and oxygen atoms in total. The number of ether oxygens (including phenoxy) is 1. The average molecular weight is 522 g/mol. The molecule has 1 fully saturated rings. The number of nitrogens with zero attached hydrogens (tertiary/aromatic N) is 4. The van der Waals surface area contributed by atoms with E-state index in [-0.39, 0.29) is 17.5 Å². The molecule has 0 radical (unpaired) electrons. The predicted molar refractivity (Wildman–Crippen MR) is 151 cm³/mol. The van der Waals surface area contributed by atoms with Crippen molar-refractivity contribution in [3.63, 3.8) is 0 Å². The van der Waals surface area contributed by atoms with Crippen LogP contribution in [0.3, 0.4) is 0 Å². The van der Waals surface area contributed by atoms with Crippen LogP contribution in [0.2, 0.25) is 0 Å². The third-order valence-electron chi connectivity index (χ3n) is 7.65. The highest BCUT2D eigenvalue weighted by Crippen LogP contribution is 2.29. The minimum atomic E-state index is -0.891. The minimum Gasteiger partial charge on any atom is -0.497 e. The number of carbonyl (C=O) groups is 1. The van der Waals surface area contributed by atoms with Gasteiger partial charge in [-0.05, 0) is 55.2 Å². The van der Waals surface area contributed by atoms with Crippen molar-refractivity contribution >= 4 is 22.5 Å². The van der Waals surface area contributed by atoms with Gasteiger partial charge in [-0.2, -0.15) is 0 Å². The lowest BCUT2D eigenvalue weighted by Gasteiger charge is -2.27. The predicted octanol–water partition coefficient (Wildman–Crippen LogP) is 5.07. The zero-order valence-electron chi connectivity index (χ0n) is 22.1. The van der Waals surface area contributed by atoms with Gasteiger partial charge in [-0.25, -0.2) is 4.52 Å². The summed E-state index contributed by atoms with van der Waals surface area (Å²) in [5.41, 5.74) is 4.28. The van der Waals surface area contributed by atoms with Crippen molar-refractivity contribution in [2.75, 3.05) is 7.11 Å². The lowest BCUT2D eigenvalue weighted by atomic mass is 9.94. The highest BCUT2D eigenvalue weighted by atomic mass is 16.5. The van der Waals surface area contributed by atoms with Crippen LogP contribution in [0, 0.1) is 6.92 Å². The summed E-state index contributed by atoms with van der Waals surface area (Å²) in [6, 6.07) is 21.9. The summed E-state index contributed by atoms with van der Waals surface area (Å²) in [6.45, 7) is 1.97. The molecule has 0 saturated heterocycles. The standard InChI is InChI=1S/C31H31N5O3/c1-20-13-18-25-26(19-20)35(31(38)29-27(33-34-36(25)29)21-9-5-3-6-10-21)28(22-14-16-24(39-2)17-15-22)30(37)32-23-11-7-4-8-12-23/h3,5-6,9-10,13-19,23,28H,4,7-8,11-12H2,1-2H3,(H,32,37). The van der Waals surface area contributed by atoms with Gasteiger partial charge in [0.25, 0.3) is 5.56 Å². The molecule has 1 aliphatic carbocycles. The van der Waals surface area contributed by atoms with E-state index >= 15 is 0 Å². The maximum atomic E-state index is 14.5. The van der Waals surface area contributed by atoms with Crippen molar-refractivity contribution < 1.29 is 9.53 Å². The van der Waals surface area contributed by atoms with E-state index in [0.29, 0.717) is 33.6 Å². The average Bonchev–Trinajstić information content (AvgIpc) is 3.42. The first-order valence-corrected chi connectivity index (χ1v) is 13.4. The lowest BCUT2D eigenvalue weighted by Crippen LogP contribution is -2.43. The summed E-state index contributed by atoms with van der Waals surface area (Å²) in [6.07, 6.45) is 5.26. The van der Waals surface area contributed by atoms with Crippen LogP contribution in [0.25, 0.3) is 27.8 Å². The Morgan fingerprint density at radius 2 is 1.72 bits per heavy atom. The highest BCUT2D eigenvalue weighted by Gasteiger charge is 2.30. The molecule has 1 saturated carbocycles.